The molecule has 3 aromatic rings. The fourth-order valence-electron chi connectivity index (χ4n) is 4.98. The average Bonchev–Trinajstić information content (AvgIpc) is 3.41. The number of nitrogens with zero attached hydrogens (tertiary/aromatic N) is 1. The van der Waals surface area contributed by atoms with E-state index in [0.29, 0.717) is 23.4 Å². The quantitative estimate of drug-likeness (QED) is 0.491. The Labute approximate surface area is 222 Å². The van der Waals surface area contributed by atoms with Gasteiger partial charge in [-0.25, -0.2) is 12.8 Å². The zero-order valence-electron chi connectivity index (χ0n) is 19.9. The Morgan fingerprint density at radius 2 is 1.89 bits per heavy atom. The first-order valence-corrected chi connectivity index (χ1v) is 14.5. The summed E-state index contributed by atoms with van der Waals surface area (Å²) < 4.78 is 50.0. The Bertz CT molecular complexity index is 1490. The lowest BCUT2D eigenvalue weighted by molar-refractivity contribution is -0.121. The number of amides is 2. The molecule has 0 spiro atoms. The Balaban J connectivity index is 1.52. The topological polar surface area (TPSA) is 105 Å². The highest BCUT2D eigenvalue weighted by molar-refractivity contribution is 7.91. The van der Waals surface area contributed by atoms with Crippen LogP contribution in [0, 0.1) is 12.7 Å². The SMILES string of the molecule is Cc1c(S(=O)(=O)N2[C@@H]3CC[C@H]2CC(=O)NCCOc2ccc(F)cc2C(=O)NC3)sc2ccc(Cl)cc12. The van der Waals surface area contributed by atoms with E-state index in [4.69, 9.17) is 16.3 Å². The highest BCUT2D eigenvalue weighted by Gasteiger charge is 2.44. The van der Waals surface area contributed by atoms with Gasteiger partial charge in [-0.15, -0.1) is 11.3 Å². The van der Waals surface area contributed by atoms with Gasteiger partial charge in [0.05, 0.1) is 12.1 Å². The lowest BCUT2D eigenvalue weighted by Crippen LogP contribution is -2.48. The van der Waals surface area contributed by atoms with Crippen molar-refractivity contribution in [3.05, 3.63) is 58.4 Å². The molecule has 0 aliphatic carbocycles. The number of halogens is 2. The number of nitrogens with one attached hydrogen (secondary N) is 2. The van der Waals surface area contributed by atoms with Crippen LogP contribution in [0.1, 0.15) is 35.2 Å². The van der Waals surface area contributed by atoms with E-state index in [9.17, 15) is 22.4 Å². The van der Waals surface area contributed by atoms with Gasteiger partial charge in [-0.2, -0.15) is 4.31 Å². The van der Waals surface area contributed by atoms with Gasteiger partial charge in [-0.05, 0) is 67.1 Å². The predicted octanol–water partition coefficient (Wildman–Crippen LogP) is 3.85. The van der Waals surface area contributed by atoms with Gasteiger partial charge in [-0.3, -0.25) is 9.59 Å². The lowest BCUT2D eigenvalue weighted by atomic mass is 10.1. The minimum atomic E-state index is -4.02. The van der Waals surface area contributed by atoms with Crippen LogP contribution in [0.4, 0.5) is 4.39 Å². The molecular weight excluding hydrogens is 541 g/mol. The molecule has 1 saturated heterocycles. The second-order valence-corrected chi connectivity index (χ2v) is 12.7. The van der Waals surface area contributed by atoms with Crippen LogP contribution in [-0.4, -0.2) is 56.3 Å². The Morgan fingerprint density at radius 3 is 2.70 bits per heavy atom. The van der Waals surface area contributed by atoms with Crippen LogP contribution < -0.4 is 15.4 Å². The molecule has 2 aliphatic rings. The summed E-state index contributed by atoms with van der Waals surface area (Å²) in [6.07, 6.45) is 0.908. The van der Waals surface area contributed by atoms with Crippen LogP contribution in [0.3, 0.4) is 0 Å². The van der Waals surface area contributed by atoms with Gasteiger partial charge in [0, 0.05) is 34.8 Å². The molecule has 2 aromatic carbocycles. The number of carbonyl (C=O) groups is 2. The van der Waals surface area contributed by atoms with Gasteiger partial charge in [0.1, 0.15) is 22.4 Å². The van der Waals surface area contributed by atoms with Gasteiger partial charge >= 0.3 is 0 Å². The predicted molar refractivity (Wildman–Crippen MR) is 139 cm³/mol. The molecule has 3 heterocycles. The minimum Gasteiger partial charge on any atom is -0.491 e. The summed E-state index contributed by atoms with van der Waals surface area (Å²) in [5.41, 5.74) is 0.598. The van der Waals surface area contributed by atoms with Gasteiger partial charge < -0.3 is 15.4 Å². The number of rotatable bonds is 2. The summed E-state index contributed by atoms with van der Waals surface area (Å²) in [5, 5.41) is 6.78. The van der Waals surface area contributed by atoms with Crippen molar-refractivity contribution in [2.75, 3.05) is 19.7 Å². The summed E-state index contributed by atoms with van der Waals surface area (Å²) in [7, 11) is -4.02. The molecule has 2 N–H and O–H groups in total. The number of ether oxygens (including phenoxy) is 1. The van der Waals surface area contributed by atoms with Crippen molar-refractivity contribution in [2.24, 2.45) is 0 Å². The normalized spacial score (nSPS) is 21.6. The smallest absolute Gasteiger partial charge is 0.255 e. The van der Waals surface area contributed by atoms with Crippen molar-refractivity contribution in [3.63, 3.8) is 0 Å². The van der Waals surface area contributed by atoms with Crippen molar-refractivity contribution in [3.8, 4) is 5.75 Å². The van der Waals surface area contributed by atoms with Gasteiger partial charge in [-0.1, -0.05) is 11.6 Å². The monoisotopic (exact) mass is 565 g/mol. The fraction of sp³-hybridized carbons (Fsp3) is 0.360. The Morgan fingerprint density at radius 1 is 1.11 bits per heavy atom. The minimum absolute atomic E-state index is 0.00189. The molecule has 37 heavy (non-hydrogen) atoms. The summed E-state index contributed by atoms with van der Waals surface area (Å²) in [4.78, 5) is 25.7. The van der Waals surface area contributed by atoms with E-state index in [0.717, 1.165) is 27.5 Å². The molecule has 2 atom stereocenters. The van der Waals surface area contributed by atoms with Crippen molar-refractivity contribution < 1.29 is 27.1 Å². The zero-order chi connectivity index (χ0) is 26.3. The number of thiophene rings is 1. The summed E-state index contributed by atoms with van der Waals surface area (Å²) >= 11 is 7.31. The van der Waals surface area contributed by atoms with Crippen LogP contribution in [0.5, 0.6) is 5.75 Å². The molecule has 8 nitrogen and oxygen atoms in total. The van der Waals surface area contributed by atoms with E-state index in [2.05, 4.69) is 10.6 Å². The molecule has 2 aliphatic heterocycles. The number of fused-ring (bicyclic) bond motifs is 4. The maximum atomic E-state index is 14.1. The second kappa shape index (κ2) is 10.2. The first-order chi connectivity index (χ1) is 17.6. The molecule has 196 valence electrons. The Hall–Kier alpha value is -2.73. The molecular formula is C25H25ClFN3O5S2. The number of hydrogen-bond acceptors (Lipinski definition) is 6. The molecule has 0 unspecified atom stereocenters. The van der Waals surface area contributed by atoms with E-state index in [1.54, 1.807) is 25.1 Å². The standard InChI is InChI=1S/C25H25ClFN3O5S2/c1-14-19-10-15(26)2-7-22(19)36-25(14)37(33,34)30-17-4-5-18(30)13-29-24(32)20-11-16(27)3-6-21(20)35-9-8-28-23(31)12-17/h2-3,6-7,10-11,17-18H,4-5,8-9,12-13H2,1H3,(H,28,31)(H,29,32)/t17-,18+/m0/s1. The number of hydrogen-bond donors (Lipinski definition) is 2. The lowest BCUT2D eigenvalue weighted by Gasteiger charge is -2.29. The van der Waals surface area contributed by atoms with E-state index in [-0.39, 0.29) is 47.5 Å². The third-order valence-corrected chi connectivity index (χ3v) is 10.8. The number of sulfonamides is 1. The second-order valence-electron chi connectivity index (χ2n) is 9.13. The van der Waals surface area contributed by atoms with Crippen LogP contribution in [0.25, 0.3) is 10.1 Å². The Kier molecular flexibility index (Phi) is 7.14. The molecule has 0 saturated carbocycles. The van der Waals surface area contributed by atoms with E-state index < -0.39 is 33.8 Å². The van der Waals surface area contributed by atoms with Gasteiger partial charge in [0.25, 0.3) is 15.9 Å². The molecule has 1 fully saturated rings. The molecule has 1 aromatic heterocycles. The van der Waals surface area contributed by atoms with E-state index in [1.807, 2.05) is 0 Å². The molecule has 2 bridgehead atoms. The van der Waals surface area contributed by atoms with Crippen molar-refractivity contribution in [2.45, 2.75) is 42.5 Å². The average molecular weight is 566 g/mol. The zero-order valence-corrected chi connectivity index (χ0v) is 22.3. The van der Waals surface area contributed by atoms with Crippen LogP contribution in [0.2, 0.25) is 5.02 Å². The van der Waals surface area contributed by atoms with Crippen molar-refractivity contribution in [1.82, 2.24) is 14.9 Å². The first-order valence-electron chi connectivity index (χ1n) is 11.8. The maximum absolute atomic E-state index is 14.1. The largest absolute Gasteiger partial charge is 0.491 e. The molecule has 5 rings (SSSR count). The van der Waals surface area contributed by atoms with E-state index in [1.165, 1.54) is 16.4 Å². The number of carbonyl (C=O) groups excluding carboxylic acids is 2. The van der Waals surface area contributed by atoms with E-state index >= 15 is 0 Å². The van der Waals surface area contributed by atoms with Crippen molar-refractivity contribution in [1.29, 1.82) is 0 Å². The van der Waals surface area contributed by atoms with Crippen molar-refractivity contribution >= 4 is 54.9 Å². The van der Waals surface area contributed by atoms with Crippen LogP contribution in [-0.2, 0) is 14.8 Å². The van der Waals surface area contributed by atoms with Gasteiger partial charge in [0.15, 0.2) is 0 Å². The van der Waals surface area contributed by atoms with Gasteiger partial charge in [0.2, 0.25) is 5.91 Å². The maximum Gasteiger partial charge on any atom is 0.255 e. The first kappa shape index (κ1) is 25.9. The third-order valence-electron chi connectivity index (χ3n) is 6.71. The fourth-order valence-corrected chi connectivity index (χ4v) is 8.85. The molecule has 0 radical (unpaired) electrons. The molecule has 12 heteroatoms. The number of benzene rings is 2. The third kappa shape index (κ3) is 5.05. The number of aryl methyl sites for hydroxylation is 1. The summed E-state index contributed by atoms with van der Waals surface area (Å²) in [6.45, 7) is 1.96. The highest BCUT2D eigenvalue weighted by atomic mass is 35.5. The molecule has 2 amide bonds. The summed E-state index contributed by atoms with van der Waals surface area (Å²) in [5.74, 6) is -1.28. The van der Waals surface area contributed by atoms with Crippen LogP contribution >= 0.6 is 22.9 Å². The van der Waals surface area contributed by atoms with Crippen LogP contribution in [0.15, 0.2) is 40.6 Å². The highest BCUT2D eigenvalue weighted by Crippen LogP contribution is 2.40. The summed E-state index contributed by atoms with van der Waals surface area (Å²) in [6, 6.07) is 7.71.